The second-order valence-electron chi connectivity index (χ2n) is 6.61. The highest BCUT2D eigenvalue weighted by Crippen LogP contribution is 2.47. The van der Waals surface area contributed by atoms with Crippen LogP contribution in [0.3, 0.4) is 0 Å². The highest BCUT2D eigenvalue weighted by atomic mass is 16.5. The number of allylic oxidation sites excluding steroid dienone is 2. The molecule has 0 fully saturated rings. The van der Waals surface area contributed by atoms with Gasteiger partial charge in [-0.15, -0.1) is 0 Å². The van der Waals surface area contributed by atoms with Gasteiger partial charge in [0.2, 0.25) is 0 Å². The van der Waals surface area contributed by atoms with Gasteiger partial charge in [0.15, 0.2) is 5.78 Å². The van der Waals surface area contributed by atoms with E-state index < -0.39 is 12.0 Å². The largest absolute Gasteiger partial charge is 0.508 e. The van der Waals surface area contributed by atoms with Gasteiger partial charge in [-0.2, -0.15) is 0 Å². The lowest BCUT2D eigenvalue weighted by molar-refractivity contribution is 0.0649. The predicted molar refractivity (Wildman–Crippen MR) is 94.8 cm³/mol. The highest BCUT2D eigenvalue weighted by molar-refractivity contribution is 6.04. The first-order chi connectivity index (χ1) is 12.3. The van der Waals surface area contributed by atoms with Crippen molar-refractivity contribution in [3.8, 4) is 28.7 Å². The number of rotatable bonds is 3. The third-order valence-corrected chi connectivity index (χ3v) is 4.37. The molecule has 0 aliphatic carbocycles. The third-order valence-electron chi connectivity index (χ3n) is 4.37. The summed E-state index contributed by atoms with van der Waals surface area (Å²) in [4.78, 5) is 13.0. The molecule has 0 saturated heterocycles. The van der Waals surface area contributed by atoms with Gasteiger partial charge in [-0.1, -0.05) is 11.6 Å². The molecule has 1 aliphatic rings. The lowest BCUT2D eigenvalue weighted by atomic mass is 9.82. The van der Waals surface area contributed by atoms with E-state index in [0.717, 1.165) is 11.6 Å². The molecule has 1 aliphatic heterocycles. The van der Waals surface area contributed by atoms with Gasteiger partial charge < -0.3 is 25.2 Å². The number of ketones is 1. The molecular weight excluding hydrogens is 336 g/mol. The lowest BCUT2D eigenvalue weighted by Gasteiger charge is -2.33. The van der Waals surface area contributed by atoms with Crippen molar-refractivity contribution in [2.45, 2.75) is 26.4 Å². The molecule has 26 heavy (non-hydrogen) atoms. The Bertz CT molecular complexity index is 895. The van der Waals surface area contributed by atoms with Crippen LogP contribution < -0.4 is 4.74 Å². The van der Waals surface area contributed by atoms with E-state index in [4.69, 9.17) is 4.74 Å². The van der Waals surface area contributed by atoms with Crippen molar-refractivity contribution in [3.63, 3.8) is 0 Å². The summed E-state index contributed by atoms with van der Waals surface area (Å²) >= 11 is 0. The second-order valence-corrected chi connectivity index (χ2v) is 6.61. The first-order valence-electron chi connectivity index (χ1n) is 8.20. The average molecular weight is 356 g/mol. The number of carbonyl (C=O) groups is 1. The maximum atomic E-state index is 13.0. The number of phenolic OH excluding ortho intramolecular Hbond substituents is 4. The normalized spacial score (nSPS) is 18.8. The van der Waals surface area contributed by atoms with Gasteiger partial charge in [0, 0.05) is 23.8 Å². The molecule has 0 spiro atoms. The zero-order valence-electron chi connectivity index (χ0n) is 14.4. The van der Waals surface area contributed by atoms with Crippen LogP contribution in [0.25, 0.3) is 0 Å². The minimum Gasteiger partial charge on any atom is -0.508 e. The number of ether oxygens (including phenoxy) is 1. The number of phenols is 4. The smallest absolute Gasteiger partial charge is 0.177 e. The van der Waals surface area contributed by atoms with E-state index in [1.165, 1.54) is 24.3 Å². The Balaban J connectivity index is 2.13. The first-order valence-corrected chi connectivity index (χ1v) is 8.20. The summed E-state index contributed by atoms with van der Waals surface area (Å²) in [6, 6.07) is 6.42. The van der Waals surface area contributed by atoms with E-state index in [1.807, 2.05) is 19.9 Å². The summed E-state index contributed by atoms with van der Waals surface area (Å²) in [6.45, 7) is 3.81. The fourth-order valence-corrected chi connectivity index (χ4v) is 3.12. The van der Waals surface area contributed by atoms with E-state index >= 15 is 0 Å². The van der Waals surface area contributed by atoms with E-state index in [2.05, 4.69) is 0 Å². The first kappa shape index (κ1) is 17.7. The van der Waals surface area contributed by atoms with Gasteiger partial charge in [-0.3, -0.25) is 4.79 Å². The van der Waals surface area contributed by atoms with E-state index in [9.17, 15) is 25.2 Å². The minimum atomic E-state index is -0.826. The topological polar surface area (TPSA) is 107 Å². The summed E-state index contributed by atoms with van der Waals surface area (Å²) in [5.74, 6) is -1.84. The van der Waals surface area contributed by atoms with Crippen molar-refractivity contribution in [3.05, 3.63) is 53.1 Å². The lowest BCUT2D eigenvalue weighted by Crippen LogP contribution is -2.31. The minimum absolute atomic E-state index is 0.0180. The van der Waals surface area contributed by atoms with E-state index in [-0.39, 0.29) is 40.1 Å². The standard InChI is InChI=1S/C20H20O6/c1-10(2)3-5-14-19(25)18-16(24)8-12(22)9-17(18)26-20(14)13-6-4-11(21)7-15(13)23/h3-4,6-9,14,20-24H,5H2,1-2H3/t14-,20-/m1/s1. The Morgan fingerprint density at radius 2 is 1.73 bits per heavy atom. The van der Waals surface area contributed by atoms with Gasteiger partial charge in [0.25, 0.3) is 0 Å². The summed E-state index contributed by atoms with van der Waals surface area (Å²) in [5, 5.41) is 39.5. The molecule has 0 unspecified atom stereocenters. The number of hydrogen-bond acceptors (Lipinski definition) is 6. The van der Waals surface area contributed by atoms with Crippen LogP contribution >= 0.6 is 0 Å². The SMILES string of the molecule is CC(C)=CC[C@@H]1C(=O)c2c(O)cc(O)cc2O[C@@H]1c1ccc(O)cc1O. The molecule has 2 atom stereocenters. The van der Waals surface area contributed by atoms with Crippen molar-refractivity contribution in [2.75, 3.05) is 0 Å². The fraction of sp³-hybridized carbons (Fsp3) is 0.250. The van der Waals surface area contributed by atoms with Crippen LogP contribution in [0.15, 0.2) is 42.0 Å². The monoisotopic (exact) mass is 356 g/mol. The van der Waals surface area contributed by atoms with Gasteiger partial charge in [0.1, 0.15) is 40.4 Å². The molecule has 0 radical (unpaired) electrons. The molecule has 0 saturated carbocycles. The third kappa shape index (κ3) is 3.18. The molecule has 2 aromatic rings. The Morgan fingerprint density at radius 1 is 1.04 bits per heavy atom. The number of fused-ring (bicyclic) bond motifs is 1. The second kappa shape index (κ2) is 6.63. The average Bonchev–Trinajstić information content (AvgIpc) is 2.52. The van der Waals surface area contributed by atoms with Crippen molar-refractivity contribution < 1.29 is 30.0 Å². The van der Waals surface area contributed by atoms with Crippen molar-refractivity contribution in [1.82, 2.24) is 0 Å². The zero-order chi connectivity index (χ0) is 19.0. The summed E-state index contributed by atoms with van der Waals surface area (Å²) < 4.78 is 5.90. The number of hydrogen-bond donors (Lipinski definition) is 4. The molecule has 136 valence electrons. The van der Waals surface area contributed by atoms with Crippen molar-refractivity contribution in [2.24, 2.45) is 5.92 Å². The van der Waals surface area contributed by atoms with E-state index in [1.54, 1.807) is 0 Å². The molecule has 4 N–H and O–H groups in total. The van der Waals surface area contributed by atoms with Gasteiger partial charge >= 0.3 is 0 Å². The summed E-state index contributed by atoms with van der Waals surface area (Å²) in [7, 11) is 0. The Morgan fingerprint density at radius 3 is 2.38 bits per heavy atom. The van der Waals surface area contributed by atoms with Crippen molar-refractivity contribution >= 4 is 5.78 Å². The zero-order valence-corrected chi connectivity index (χ0v) is 14.4. The number of carbonyl (C=O) groups excluding carboxylic acids is 1. The molecule has 0 amide bonds. The van der Waals surface area contributed by atoms with Crippen LogP contribution in [0.4, 0.5) is 0 Å². The van der Waals surface area contributed by atoms with Gasteiger partial charge in [0.05, 0.1) is 5.92 Å². The van der Waals surface area contributed by atoms with Gasteiger partial charge in [-0.05, 0) is 32.4 Å². The molecular formula is C20H20O6. The van der Waals surface area contributed by atoms with Crippen LogP contribution in [0.2, 0.25) is 0 Å². The molecule has 6 nitrogen and oxygen atoms in total. The quantitative estimate of drug-likeness (QED) is 0.623. The molecule has 0 bridgehead atoms. The molecule has 2 aromatic carbocycles. The molecule has 1 heterocycles. The number of aromatic hydroxyl groups is 4. The van der Waals surface area contributed by atoms with E-state index in [0.29, 0.717) is 12.0 Å². The van der Waals surface area contributed by atoms with Gasteiger partial charge in [-0.25, -0.2) is 0 Å². The predicted octanol–water partition coefficient (Wildman–Crippen LogP) is 3.80. The number of Topliss-reactive ketones (excluding diaryl/α,β-unsaturated/α-hetero) is 1. The Labute approximate surface area is 150 Å². The Hall–Kier alpha value is -3.15. The summed E-state index contributed by atoms with van der Waals surface area (Å²) in [6.07, 6.45) is 1.41. The van der Waals surface area contributed by atoms with Crippen LogP contribution in [0.5, 0.6) is 28.7 Å². The maximum absolute atomic E-state index is 13.0. The van der Waals surface area contributed by atoms with Crippen molar-refractivity contribution in [1.29, 1.82) is 0 Å². The van der Waals surface area contributed by atoms with Crippen LogP contribution in [0.1, 0.15) is 42.3 Å². The molecule has 0 aromatic heterocycles. The Kier molecular flexibility index (Phi) is 4.50. The summed E-state index contributed by atoms with van der Waals surface area (Å²) in [5.41, 5.74) is 1.38. The van der Waals surface area contributed by atoms with Crippen LogP contribution in [-0.4, -0.2) is 26.2 Å². The highest BCUT2D eigenvalue weighted by Gasteiger charge is 2.40. The number of benzene rings is 2. The molecule has 3 rings (SSSR count). The van der Waals surface area contributed by atoms with Crippen LogP contribution in [0, 0.1) is 5.92 Å². The molecule has 6 heteroatoms. The van der Waals surface area contributed by atoms with Crippen LogP contribution in [-0.2, 0) is 0 Å². The fourth-order valence-electron chi connectivity index (χ4n) is 3.12. The maximum Gasteiger partial charge on any atom is 0.177 e.